The van der Waals surface area contributed by atoms with Gasteiger partial charge in [0, 0.05) is 17.6 Å². The van der Waals surface area contributed by atoms with Gasteiger partial charge in [-0.15, -0.1) is 0 Å². The number of fused-ring (bicyclic) bond motifs is 1. The van der Waals surface area contributed by atoms with Crippen molar-refractivity contribution < 1.29 is 22.8 Å². The third kappa shape index (κ3) is 6.67. The summed E-state index contributed by atoms with van der Waals surface area (Å²) in [6, 6.07) is 12.8. The summed E-state index contributed by atoms with van der Waals surface area (Å²) in [5, 5.41) is 10.7. The Morgan fingerprint density at radius 1 is 1.10 bits per heavy atom. The van der Waals surface area contributed by atoms with Crippen molar-refractivity contribution in [1.29, 1.82) is 0 Å². The largest absolute Gasteiger partial charge is 0.366 e. The smallest absolute Gasteiger partial charge is 0.251 e. The van der Waals surface area contributed by atoms with Crippen molar-refractivity contribution in [1.82, 2.24) is 20.5 Å². The van der Waals surface area contributed by atoms with Crippen LogP contribution in [-0.4, -0.2) is 27.0 Å². The Kier molecular flexibility index (Phi) is 8.35. The molecule has 0 aliphatic carbocycles. The van der Waals surface area contributed by atoms with Gasteiger partial charge in [-0.2, -0.15) is 5.10 Å². The number of para-hydroxylation sites is 1. The zero-order valence-corrected chi connectivity index (χ0v) is 20.6. The van der Waals surface area contributed by atoms with Crippen LogP contribution in [0.4, 0.5) is 13.2 Å². The van der Waals surface area contributed by atoms with E-state index >= 15 is 0 Å². The molecule has 0 aliphatic heterocycles. The van der Waals surface area contributed by atoms with Crippen LogP contribution in [0.15, 0.2) is 90.9 Å². The molecule has 2 heterocycles. The van der Waals surface area contributed by atoms with E-state index in [9.17, 15) is 22.8 Å². The van der Waals surface area contributed by atoms with E-state index < -0.39 is 40.9 Å². The minimum atomic E-state index is -0.999. The van der Waals surface area contributed by atoms with Crippen LogP contribution in [0.5, 0.6) is 0 Å². The minimum absolute atomic E-state index is 0.0124. The molecule has 2 aromatic heterocycles. The van der Waals surface area contributed by atoms with E-state index in [-0.39, 0.29) is 18.4 Å². The Labute approximate surface area is 221 Å². The van der Waals surface area contributed by atoms with Crippen molar-refractivity contribution in [3.63, 3.8) is 0 Å². The normalized spacial score (nSPS) is 12.8. The van der Waals surface area contributed by atoms with Gasteiger partial charge < -0.3 is 11.1 Å². The van der Waals surface area contributed by atoms with E-state index in [2.05, 4.69) is 27.1 Å². The number of H-pyrrole nitrogens is 1. The number of aromatic nitrogens is 3. The molecule has 7 nitrogen and oxygen atoms in total. The van der Waals surface area contributed by atoms with Gasteiger partial charge in [-0.3, -0.25) is 19.7 Å². The molecule has 198 valence electrons. The highest BCUT2D eigenvalue weighted by molar-refractivity contribution is 5.97. The molecule has 4 aromatic rings. The molecule has 0 radical (unpaired) electrons. The van der Waals surface area contributed by atoms with E-state index in [1.165, 1.54) is 18.3 Å². The van der Waals surface area contributed by atoms with E-state index in [1.807, 2.05) is 24.3 Å². The molecule has 0 saturated heterocycles. The van der Waals surface area contributed by atoms with Crippen molar-refractivity contribution >= 4 is 28.8 Å². The van der Waals surface area contributed by atoms with Gasteiger partial charge in [-0.1, -0.05) is 36.9 Å². The summed E-state index contributed by atoms with van der Waals surface area (Å²) in [5.41, 5.74) is 7.20. The van der Waals surface area contributed by atoms with Gasteiger partial charge in [0.2, 0.25) is 5.91 Å². The summed E-state index contributed by atoms with van der Waals surface area (Å²) in [6.45, 7) is 3.31. The maximum Gasteiger partial charge on any atom is 0.251 e. The van der Waals surface area contributed by atoms with Crippen molar-refractivity contribution in [2.45, 2.75) is 18.9 Å². The Morgan fingerprint density at radius 3 is 2.56 bits per heavy atom. The zero-order chi connectivity index (χ0) is 27.9. The third-order valence-electron chi connectivity index (χ3n) is 5.91. The lowest BCUT2D eigenvalue weighted by molar-refractivity contribution is -0.121. The second kappa shape index (κ2) is 12.0. The molecule has 0 aliphatic rings. The minimum Gasteiger partial charge on any atom is -0.366 e. The molecule has 4 N–H and O–H groups in total. The molecule has 0 spiro atoms. The molecular formula is C29H24F3N5O2. The van der Waals surface area contributed by atoms with Crippen LogP contribution in [0.2, 0.25) is 0 Å². The Balaban J connectivity index is 1.69. The number of carbonyl (C=O) groups is 2. The number of allylic oxidation sites excluding steroid dienone is 2. The first kappa shape index (κ1) is 27.1. The number of hydrogen-bond acceptors (Lipinski definition) is 4. The SMILES string of the molecule is C=C/C(F)=C(\C=C\c1cccnc1[C@H](Cc1cc(F)cc(F)c1)NC(=O)Cc1[nH]nc2ccccc12)C(N)=O. The van der Waals surface area contributed by atoms with Crippen LogP contribution in [0.1, 0.15) is 28.6 Å². The molecule has 2 amide bonds. The fraction of sp³-hybridized carbons (Fsp3) is 0.103. The second-order valence-corrected chi connectivity index (χ2v) is 8.64. The van der Waals surface area contributed by atoms with Gasteiger partial charge in [0.1, 0.15) is 17.5 Å². The summed E-state index contributed by atoms with van der Waals surface area (Å²) in [5.74, 6) is -3.84. The van der Waals surface area contributed by atoms with Crippen LogP contribution >= 0.6 is 0 Å². The highest BCUT2D eigenvalue weighted by atomic mass is 19.1. The number of pyridine rings is 1. The first-order valence-electron chi connectivity index (χ1n) is 11.9. The molecular weight excluding hydrogens is 507 g/mol. The van der Waals surface area contributed by atoms with E-state index in [0.717, 1.165) is 29.7 Å². The molecule has 0 bridgehead atoms. The number of benzene rings is 2. The van der Waals surface area contributed by atoms with Gasteiger partial charge >= 0.3 is 0 Å². The highest BCUT2D eigenvalue weighted by Crippen LogP contribution is 2.24. The second-order valence-electron chi connectivity index (χ2n) is 8.64. The molecule has 1 atom stereocenters. The van der Waals surface area contributed by atoms with Crippen LogP contribution in [-0.2, 0) is 22.4 Å². The summed E-state index contributed by atoms with van der Waals surface area (Å²) in [6.07, 6.45) is 4.87. The summed E-state index contributed by atoms with van der Waals surface area (Å²) < 4.78 is 42.0. The van der Waals surface area contributed by atoms with Gasteiger partial charge in [0.15, 0.2) is 0 Å². The lowest BCUT2D eigenvalue weighted by Gasteiger charge is -2.20. The lowest BCUT2D eigenvalue weighted by atomic mass is 9.98. The predicted molar refractivity (Wildman–Crippen MR) is 142 cm³/mol. The predicted octanol–water partition coefficient (Wildman–Crippen LogP) is 4.79. The standard InChI is InChI=1S/C29H24F3N5O2/c1-2-23(32)21(29(33)39)10-9-18-6-5-11-34-28(18)26(14-17-12-19(30)15-20(31)13-17)35-27(38)16-25-22-7-3-4-8-24(22)36-37-25/h2-13,15,26H,1,14,16H2,(H2,33,39)(H,35,38)(H,36,37)/b10-9+,23-21-/t26-/m0/s1. The van der Waals surface area contributed by atoms with Crippen LogP contribution in [0, 0.1) is 11.6 Å². The number of primary amides is 1. The Hall–Kier alpha value is -4.99. The number of nitrogens with one attached hydrogen (secondary N) is 2. The number of hydrogen-bond donors (Lipinski definition) is 3. The zero-order valence-electron chi connectivity index (χ0n) is 20.6. The van der Waals surface area contributed by atoms with Gasteiger partial charge in [-0.05, 0) is 54.0 Å². The molecule has 2 aromatic carbocycles. The van der Waals surface area contributed by atoms with Crippen molar-refractivity contribution in [3.8, 4) is 0 Å². The fourth-order valence-electron chi connectivity index (χ4n) is 4.16. The first-order chi connectivity index (χ1) is 18.7. The van der Waals surface area contributed by atoms with Crippen LogP contribution in [0.25, 0.3) is 17.0 Å². The van der Waals surface area contributed by atoms with Crippen LogP contribution < -0.4 is 11.1 Å². The van der Waals surface area contributed by atoms with Gasteiger partial charge in [-0.25, -0.2) is 13.2 Å². The maximum absolute atomic E-state index is 14.1. The first-order valence-corrected chi connectivity index (χ1v) is 11.9. The van der Waals surface area contributed by atoms with Crippen molar-refractivity contribution in [3.05, 3.63) is 125 Å². The quantitative estimate of drug-likeness (QED) is 0.202. The number of nitrogens with two attached hydrogens (primary N) is 1. The number of carbonyl (C=O) groups excluding carboxylic acids is 2. The Bertz CT molecular complexity index is 1590. The maximum atomic E-state index is 14.1. The van der Waals surface area contributed by atoms with Gasteiger partial charge in [0.05, 0.1) is 34.9 Å². The van der Waals surface area contributed by atoms with Crippen molar-refractivity contribution in [2.24, 2.45) is 5.73 Å². The average molecular weight is 532 g/mol. The molecule has 10 heteroatoms. The molecule has 39 heavy (non-hydrogen) atoms. The topological polar surface area (TPSA) is 114 Å². The lowest BCUT2D eigenvalue weighted by Crippen LogP contribution is -2.32. The summed E-state index contributed by atoms with van der Waals surface area (Å²) in [7, 11) is 0. The van der Waals surface area contributed by atoms with E-state index in [4.69, 9.17) is 5.73 Å². The highest BCUT2D eigenvalue weighted by Gasteiger charge is 2.21. The molecule has 4 rings (SSSR count). The number of halogens is 3. The fourth-order valence-corrected chi connectivity index (χ4v) is 4.16. The molecule has 0 unspecified atom stereocenters. The Morgan fingerprint density at radius 2 is 1.85 bits per heavy atom. The van der Waals surface area contributed by atoms with Gasteiger partial charge in [0.25, 0.3) is 5.91 Å². The van der Waals surface area contributed by atoms with E-state index in [1.54, 1.807) is 12.1 Å². The number of aromatic amines is 1. The van der Waals surface area contributed by atoms with Crippen LogP contribution in [0.3, 0.4) is 0 Å². The number of rotatable bonds is 10. The third-order valence-corrected chi connectivity index (χ3v) is 5.91. The number of amides is 2. The summed E-state index contributed by atoms with van der Waals surface area (Å²) >= 11 is 0. The van der Waals surface area contributed by atoms with Crippen molar-refractivity contribution in [2.75, 3.05) is 0 Å². The van der Waals surface area contributed by atoms with E-state index in [0.29, 0.717) is 22.5 Å². The molecule has 0 fully saturated rings. The molecule has 0 saturated carbocycles. The number of nitrogens with zero attached hydrogens (tertiary/aromatic N) is 2. The monoisotopic (exact) mass is 531 g/mol. The average Bonchev–Trinajstić information content (AvgIpc) is 3.30. The summed E-state index contributed by atoms with van der Waals surface area (Å²) in [4.78, 5) is 29.3.